The van der Waals surface area contributed by atoms with Gasteiger partial charge in [-0.3, -0.25) is 4.79 Å². The molecule has 0 bridgehead atoms. The summed E-state index contributed by atoms with van der Waals surface area (Å²) in [6.07, 6.45) is 5.41. The van der Waals surface area contributed by atoms with Gasteiger partial charge in [-0.25, -0.2) is 4.68 Å². The Morgan fingerprint density at radius 2 is 2.11 bits per heavy atom. The van der Waals surface area contributed by atoms with Gasteiger partial charge in [0.25, 0.3) is 5.56 Å². The molecule has 0 aliphatic heterocycles. The lowest BCUT2D eigenvalue weighted by atomic mass is 10.1. The molecule has 0 spiro atoms. The number of hydrogen-bond donors (Lipinski definition) is 0. The summed E-state index contributed by atoms with van der Waals surface area (Å²) in [5.41, 5.74) is 1.69. The van der Waals surface area contributed by atoms with Crippen LogP contribution in [0.5, 0.6) is 0 Å². The number of rotatable bonds is 3. The maximum absolute atomic E-state index is 11.7. The zero-order chi connectivity index (χ0) is 13.0. The van der Waals surface area contributed by atoms with Crippen molar-refractivity contribution in [3.05, 3.63) is 52.3 Å². The molecule has 0 amide bonds. The molecule has 0 atom stereocenters. The van der Waals surface area contributed by atoms with Gasteiger partial charge in [-0.2, -0.15) is 5.10 Å². The van der Waals surface area contributed by atoms with Gasteiger partial charge in [0, 0.05) is 18.7 Å². The summed E-state index contributed by atoms with van der Waals surface area (Å²) < 4.78 is 6.16. The molecule has 18 heavy (non-hydrogen) atoms. The van der Waals surface area contributed by atoms with Crippen LogP contribution in [0.1, 0.15) is 5.56 Å². The number of nitrogens with zero attached hydrogens (tertiary/aromatic N) is 2. The fourth-order valence-corrected chi connectivity index (χ4v) is 1.62. The van der Waals surface area contributed by atoms with Crippen LogP contribution in [0, 0.1) is 12.3 Å². The van der Waals surface area contributed by atoms with Crippen molar-refractivity contribution in [3.63, 3.8) is 0 Å². The fraction of sp³-hybridized carbons (Fsp3) is 0.143. The van der Waals surface area contributed by atoms with Gasteiger partial charge in [0.2, 0.25) is 0 Å². The van der Waals surface area contributed by atoms with E-state index >= 15 is 0 Å². The number of ether oxygens (including phenoxy) is 1. The predicted octanol–water partition coefficient (Wildman–Crippen LogP) is 1.50. The van der Waals surface area contributed by atoms with Crippen LogP contribution in [-0.2, 0) is 11.5 Å². The molecule has 2 rings (SSSR count). The maximum Gasteiger partial charge on any atom is 0.270 e. The van der Waals surface area contributed by atoms with Crippen molar-refractivity contribution in [1.29, 1.82) is 0 Å². The first-order valence-corrected chi connectivity index (χ1v) is 5.39. The number of aromatic nitrogens is 2. The molecule has 4 heteroatoms. The van der Waals surface area contributed by atoms with Gasteiger partial charge in [-0.05, 0) is 0 Å². The van der Waals surface area contributed by atoms with Gasteiger partial charge in [-0.15, -0.1) is 6.42 Å². The zero-order valence-corrected chi connectivity index (χ0v) is 9.96. The molecular weight excluding hydrogens is 228 g/mol. The van der Waals surface area contributed by atoms with Crippen LogP contribution in [0.15, 0.2) is 41.2 Å². The topological polar surface area (TPSA) is 44.1 Å². The van der Waals surface area contributed by atoms with E-state index in [1.54, 1.807) is 0 Å². The van der Waals surface area contributed by atoms with Crippen LogP contribution in [0.2, 0.25) is 0 Å². The highest BCUT2D eigenvalue weighted by molar-refractivity contribution is 5.66. The van der Waals surface area contributed by atoms with E-state index in [1.807, 2.05) is 30.3 Å². The Kier molecular flexibility index (Phi) is 3.56. The van der Waals surface area contributed by atoms with Gasteiger partial charge in [0.1, 0.15) is 12.4 Å². The first kappa shape index (κ1) is 12.1. The molecule has 0 saturated heterocycles. The van der Waals surface area contributed by atoms with Gasteiger partial charge in [0.15, 0.2) is 0 Å². The molecule has 90 valence electrons. The molecule has 0 N–H and O–H groups in total. The normalized spacial score (nSPS) is 10.0. The summed E-state index contributed by atoms with van der Waals surface area (Å²) in [4.78, 5) is 11.7. The minimum Gasteiger partial charge on any atom is -0.362 e. The van der Waals surface area contributed by atoms with Crippen LogP contribution >= 0.6 is 0 Å². The van der Waals surface area contributed by atoms with Gasteiger partial charge in [-0.1, -0.05) is 36.3 Å². The van der Waals surface area contributed by atoms with E-state index in [0.717, 1.165) is 5.56 Å². The maximum atomic E-state index is 11.7. The number of benzene rings is 1. The highest BCUT2D eigenvalue weighted by Crippen LogP contribution is 2.18. The summed E-state index contributed by atoms with van der Waals surface area (Å²) in [5, 5.41) is 4.24. The van der Waals surface area contributed by atoms with Crippen LogP contribution in [-0.4, -0.2) is 16.9 Å². The molecule has 0 aliphatic carbocycles. The lowest BCUT2D eigenvalue weighted by Crippen LogP contribution is -2.24. The highest BCUT2D eigenvalue weighted by Gasteiger charge is 2.08. The molecule has 1 aromatic heterocycles. The van der Waals surface area contributed by atoms with Crippen LogP contribution in [0.4, 0.5) is 0 Å². The van der Waals surface area contributed by atoms with E-state index in [9.17, 15) is 4.79 Å². The smallest absolute Gasteiger partial charge is 0.270 e. The Bertz CT molecular complexity index is 639. The Hall–Kier alpha value is -2.38. The molecule has 0 radical (unpaired) electrons. The molecular formula is C14H12N2O2. The Balaban J connectivity index is 2.62. The van der Waals surface area contributed by atoms with Crippen molar-refractivity contribution in [2.75, 3.05) is 7.11 Å². The Labute approximate surface area is 105 Å². The molecule has 0 fully saturated rings. The van der Waals surface area contributed by atoms with Crippen LogP contribution in [0.3, 0.4) is 0 Å². The zero-order valence-electron chi connectivity index (χ0n) is 9.96. The van der Waals surface area contributed by atoms with Gasteiger partial charge < -0.3 is 4.74 Å². The second-order valence-corrected chi connectivity index (χ2v) is 3.67. The molecule has 1 heterocycles. The third kappa shape index (κ3) is 2.31. The molecule has 1 aromatic carbocycles. The average Bonchev–Trinajstić information content (AvgIpc) is 2.42. The van der Waals surface area contributed by atoms with Crippen molar-refractivity contribution in [2.24, 2.45) is 0 Å². The first-order valence-electron chi connectivity index (χ1n) is 5.39. The van der Waals surface area contributed by atoms with Crippen molar-refractivity contribution >= 4 is 0 Å². The van der Waals surface area contributed by atoms with Crippen molar-refractivity contribution in [3.8, 4) is 23.6 Å². The van der Waals surface area contributed by atoms with Crippen LogP contribution < -0.4 is 5.56 Å². The number of methoxy groups -OCH3 is 1. The Morgan fingerprint density at radius 1 is 1.39 bits per heavy atom. The summed E-state index contributed by atoms with van der Waals surface area (Å²) in [7, 11) is 1.51. The van der Waals surface area contributed by atoms with E-state index in [0.29, 0.717) is 11.3 Å². The quantitative estimate of drug-likeness (QED) is 0.763. The SMILES string of the molecule is C#Cc1cc(=O)n(COC)nc1-c1ccccc1. The fourth-order valence-electron chi connectivity index (χ4n) is 1.62. The van der Waals surface area contributed by atoms with E-state index < -0.39 is 0 Å². The van der Waals surface area contributed by atoms with Crippen molar-refractivity contribution < 1.29 is 4.74 Å². The molecule has 0 saturated carbocycles. The molecule has 4 nitrogen and oxygen atoms in total. The predicted molar refractivity (Wildman–Crippen MR) is 68.9 cm³/mol. The van der Waals surface area contributed by atoms with E-state index in [1.165, 1.54) is 17.9 Å². The van der Waals surface area contributed by atoms with Gasteiger partial charge in [0.05, 0.1) is 5.56 Å². The molecule has 0 unspecified atom stereocenters. The van der Waals surface area contributed by atoms with Gasteiger partial charge >= 0.3 is 0 Å². The lowest BCUT2D eigenvalue weighted by molar-refractivity contribution is 0.116. The minimum absolute atomic E-state index is 0.101. The van der Waals surface area contributed by atoms with Crippen molar-refractivity contribution in [2.45, 2.75) is 6.73 Å². The van der Waals surface area contributed by atoms with E-state index in [4.69, 9.17) is 11.2 Å². The summed E-state index contributed by atoms with van der Waals surface area (Å²) in [5.74, 6) is 2.49. The summed E-state index contributed by atoms with van der Waals surface area (Å²) in [6, 6.07) is 10.9. The molecule has 2 aromatic rings. The second kappa shape index (κ2) is 5.30. The standard InChI is InChI=1S/C14H12N2O2/c1-3-11-9-13(17)16(10-18-2)15-14(11)12-7-5-4-6-8-12/h1,4-9H,10H2,2H3. The number of terminal acetylenes is 1. The van der Waals surface area contributed by atoms with E-state index in [-0.39, 0.29) is 12.3 Å². The van der Waals surface area contributed by atoms with Crippen LogP contribution in [0.25, 0.3) is 11.3 Å². The summed E-state index contributed by atoms with van der Waals surface area (Å²) >= 11 is 0. The summed E-state index contributed by atoms with van der Waals surface area (Å²) in [6.45, 7) is 0.101. The largest absolute Gasteiger partial charge is 0.362 e. The Morgan fingerprint density at radius 3 is 2.72 bits per heavy atom. The van der Waals surface area contributed by atoms with Crippen molar-refractivity contribution in [1.82, 2.24) is 9.78 Å². The number of hydrogen-bond acceptors (Lipinski definition) is 3. The molecule has 0 aliphatic rings. The van der Waals surface area contributed by atoms with E-state index in [2.05, 4.69) is 11.0 Å². The first-order chi connectivity index (χ1) is 8.76. The lowest BCUT2D eigenvalue weighted by Gasteiger charge is -2.08. The third-order valence-electron chi connectivity index (χ3n) is 2.45. The second-order valence-electron chi connectivity index (χ2n) is 3.67. The third-order valence-corrected chi connectivity index (χ3v) is 2.45. The minimum atomic E-state index is -0.274. The average molecular weight is 240 g/mol. The monoisotopic (exact) mass is 240 g/mol. The highest BCUT2D eigenvalue weighted by atomic mass is 16.5.